The third-order valence-corrected chi connectivity index (χ3v) is 2.39. The van der Waals surface area contributed by atoms with Crippen molar-refractivity contribution in [3.8, 4) is 0 Å². The van der Waals surface area contributed by atoms with Crippen molar-refractivity contribution in [3.05, 3.63) is 10.6 Å². The molecule has 1 aliphatic heterocycles. The van der Waals surface area contributed by atoms with Crippen LogP contribution in [0.4, 0.5) is 0 Å². The molecule has 0 aromatic heterocycles. The number of hydrogen-bond acceptors (Lipinski definition) is 2. The van der Waals surface area contributed by atoms with Gasteiger partial charge in [0.25, 0.3) is 0 Å². The van der Waals surface area contributed by atoms with Gasteiger partial charge in [-0.2, -0.15) is 0 Å². The Kier molecular flexibility index (Phi) is 3.15. The summed E-state index contributed by atoms with van der Waals surface area (Å²) in [5.74, 6) is -0.355. The Morgan fingerprint density at radius 2 is 2.17 bits per heavy atom. The standard InChI is InChI=1S/C9H13ClO2/c1-3-5-6-7(4-2)12-9(11)8(6)10/h7H,3-5H2,1-2H3. The maximum absolute atomic E-state index is 11.0. The highest BCUT2D eigenvalue weighted by molar-refractivity contribution is 6.42. The minimum Gasteiger partial charge on any atom is -0.454 e. The second-order valence-electron chi connectivity index (χ2n) is 2.89. The van der Waals surface area contributed by atoms with E-state index < -0.39 is 0 Å². The van der Waals surface area contributed by atoms with Gasteiger partial charge in [-0.1, -0.05) is 31.9 Å². The Morgan fingerprint density at radius 1 is 1.50 bits per heavy atom. The van der Waals surface area contributed by atoms with Gasteiger partial charge >= 0.3 is 5.97 Å². The zero-order valence-corrected chi connectivity index (χ0v) is 8.15. The van der Waals surface area contributed by atoms with Crippen LogP contribution in [0.15, 0.2) is 10.6 Å². The summed E-state index contributed by atoms with van der Waals surface area (Å²) in [6.45, 7) is 4.05. The first-order chi connectivity index (χ1) is 5.70. The van der Waals surface area contributed by atoms with Crippen molar-refractivity contribution in [1.29, 1.82) is 0 Å². The van der Waals surface area contributed by atoms with E-state index in [9.17, 15) is 4.79 Å². The van der Waals surface area contributed by atoms with Gasteiger partial charge in [0.2, 0.25) is 0 Å². The minimum atomic E-state index is -0.355. The first kappa shape index (κ1) is 9.59. The summed E-state index contributed by atoms with van der Waals surface area (Å²) in [6.07, 6.45) is 2.61. The zero-order valence-electron chi connectivity index (χ0n) is 7.39. The lowest BCUT2D eigenvalue weighted by Crippen LogP contribution is -2.09. The number of cyclic esters (lactones) is 1. The van der Waals surface area contributed by atoms with Gasteiger partial charge in [-0.15, -0.1) is 0 Å². The maximum Gasteiger partial charge on any atom is 0.350 e. The lowest BCUT2D eigenvalue weighted by molar-refractivity contribution is -0.139. The number of carbonyl (C=O) groups excluding carboxylic acids is 1. The number of rotatable bonds is 3. The molecule has 0 fully saturated rings. The highest BCUT2D eigenvalue weighted by Crippen LogP contribution is 2.30. The molecule has 0 aromatic rings. The average molecular weight is 189 g/mol. The predicted octanol–water partition coefficient (Wildman–Crippen LogP) is 2.61. The molecule has 68 valence electrons. The summed E-state index contributed by atoms with van der Waals surface area (Å²) in [5, 5.41) is 0.309. The van der Waals surface area contributed by atoms with E-state index in [-0.39, 0.29) is 12.1 Å². The van der Waals surface area contributed by atoms with Crippen LogP contribution < -0.4 is 0 Å². The first-order valence-corrected chi connectivity index (χ1v) is 4.68. The van der Waals surface area contributed by atoms with Gasteiger partial charge in [-0.25, -0.2) is 4.79 Å². The fraction of sp³-hybridized carbons (Fsp3) is 0.667. The Balaban J connectivity index is 2.79. The first-order valence-electron chi connectivity index (χ1n) is 4.30. The molecule has 0 radical (unpaired) electrons. The number of carbonyl (C=O) groups is 1. The van der Waals surface area contributed by atoms with E-state index in [2.05, 4.69) is 6.92 Å². The van der Waals surface area contributed by atoms with E-state index >= 15 is 0 Å². The van der Waals surface area contributed by atoms with Gasteiger partial charge in [0, 0.05) is 0 Å². The van der Waals surface area contributed by atoms with Crippen LogP contribution in [-0.2, 0) is 9.53 Å². The Labute approximate surface area is 77.5 Å². The molecule has 0 aliphatic carbocycles. The second-order valence-corrected chi connectivity index (χ2v) is 3.27. The van der Waals surface area contributed by atoms with Crippen molar-refractivity contribution in [2.24, 2.45) is 0 Å². The molecule has 0 aromatic carbocycles. The molecule has 1 atom stereocenters. The summed E-state index contributed by atoms with van der Waals surface area (Å²) < 4.78 is 5.04. The van der Waals surface area contributed by atoms with E-state index in [1.807, 2.05) is 6.92 Å². The molecule has 12 heavy (non-hydrogen) atoms. The number of ether oxygens (including phenoxy) is 1. The van der Waals surface area contributed by atoms with Crippen molar-refractivity contribution >= 4 is 17.6 Å². The van der Waals surface area contributed by atoms with Crippen LogP contribution in [-0.4, -0.2) is 12.1 Å². The molecule has 0 N–H and O–H groups in total. The monoisotopic (exact) mass is 188 g/mol. The van der Waals surface area contributed by atoms with Gasteiger partial charge in [0.15, 0.2) is 0 Å². The SMILES string of the molecule is CCCC1=C(Cl)C(=O)OC1CC. The highest BCUT2D eigenvalue weighted by atomic mass is 35.5. The van der Waals surface area contributed by atoms with Crippen molar-refractivity contribution in [2.75, 3.05) is 0 Å². The second kappa shape index (κ2) is 3.94. The molecule has 1 rings (SSSR count). The van der Waals surface area contributed by atoms with Crippen LogP contribution >= 0.6 is 11.6 Å². The summed E-state index contributed by atoms with van der Waals surface area (Å²) in [4.78, 5) is 11.0. The van der Waals surface area contributed by atoms with Crippen LogP contribution in [0, 0.1) is 0 Å². The molecule has 0 amide bonds. The Hall–Kier alpha value is -0.500. The lowest BCUT2D eigenvalue weighted by Gasteiger charge is -2.09. The van der Waals surface area contributed by atoms with Crippen molar-refractivity contribution in [2.45, 2.75) is 39.2 Å². The molecule has 1 unspecified atom stereocenters. The van der Waals surface area contributed by atoms with Crippen LogP contribution in [0.3, 0.4) is 0 Å². The number of halogens is 1. The fourth-order valence-electron chi connectivity index (χ4n) is 1.39. The quantitative estimate of drug-likeness (QED) is 0.637. The summed E-state index contributed by atoms with van der Waals surface area (Å²) in [5.41, 5.74) is 0.978. The molecular weight excluding hydrogens is 176 g/mol. The molecule has 0 spiro atoms. The molecule has 3 heteroatoms. The Bertz CT molecular complexity index is 221. The number of esters is 1. The predicted molar refractivity (Wildman–Crippen MR) is 48.0 cm³/mol. The van der Waals surface area contributed by atoms with Crippen molar-refractivity contribution < 1.29 is 9.53 Å². The highest BCUT2D eigenvalue weighted by Gasteiger charge is 2.30. The van der Waals surface area contributed by atoms with Crippen LogP contribution in [0.25, 0.3) is 0 Å². The van der Waals surface area contributed by atoms with Gasteiger partial charge in [0.05, 0.1) is 0 Å². The smallest absolute Gasteiger partial charge is 0.350 e. The molecule has 1 aliphatic rings. The molecular formula is C9H13ClO2. The fourth-order valence-corrected chi connectivity index (χ4v) is 1.66. The largest absolute Gasteiger partial charge is 0.454 e. The third-order valence-electron chi connectivity index (χ3n) is 1.99. The van der Waals surface area contributed by atoms with E-state index in [1.54, 1.807) is 0 Å². The molecule has 2 nitrogen and oxygen atoms in total. The minimum absolute atomic E-state index is 0.0649. The van der Waals surface area contributed by atoms with E-state index in [1.165, 1.54) is 0 Å². The maximum atomic E-state index is 11.0. The summed E-state index contributed by atoms with van der Waals surface area (Å²) >= 11 is 5.79. The van der Waals surface area contributed by atoms with Gasteiger partial charge < -0.3 is 4.74 Å². The van der Waals surface area contributed by atoms with Crippen molar-refractivity contribution in [3.63, 3.8) is 0 Å². The van der Waals surface area contributed by atoms with Gasteiger partial charge in [-0.3, -0.25) is 0 Å². The lowest BCUT2D eigenvalue weighted by atomic mass is 10.0. The molecule has 0 bridgehead atoms. The Morgan fingerprint density at radius 3 is 2.67 bits per heavy atom. The van der Waals surface area contributed by atoms with E-state index in [4.69, 9.17) is 16.3 Å². The van der Waals surface area contributed by atoms with Crippen LogP contribution in [0.2, 0.25) is 0 Å². The van der Waals surface area contributed by atoms with Gasteiger partial charge in [0.1, 0.15) is 11.1 Å². The topological polar surface area (TPSA) is 26.3 Å². The molecule has 1 heterocycles. The van der Waals surface area contributed by atoms with Crippen LogP contribution in [0.5, 0.6) is 0 Å². The van der Waals surface area contributed by atoms with Gasteiger partial charge in [-0.05, 0) is 18.4 Å². The normalized spacial score (nSPS) is 23.2. The molecule has 0 saturated carbocycles. The summed E-state index contributed by atoms with van der Waals surface area (Å²) in [7, 11) is 0. The van der Waals surface area contributed by atoms with Crippen LogP contribution in [0.1, 0.15) is 33.1 Å². The zero-order chi connectivity index (χ0) is 9.14. The average Bonchev–Trinajstić information content (AvgIpc) is 2.33. The van der Waals surface area contributed by atoms with Crippen molar-refractivity contribution in [1.82, 2.24) is 0 Å². The van der Waals surface area contributed by atoms with E-state index in [0.717, 1.165) is 24.8 Å². The third kappa shape index (κ3) is 1.63. The summed E-state index contributed by atoms with van der Waals surface area (Å²) in [6, 6.07) is 0. The number of hydrogen-bond donors (Lipinski definition) is 0. The molecule has 0 saturated heterocycles. The van der Waals surface area contributed by atoms with E-state index in [0.29, 0.717) is 5.03 Å².